The van der Waals surface area contributed by atoms with Crippen LogP contribution < -0.4 is 0 Å². The number of rotatable bonds is 3. The molecule has 14 heavy (non-hydrogen) atoms. The Kier molecular flexibility index (Phi) is 4.69. The monoisotopic (exact) mass is 202 g/mol. The molecule has 1 aliphatic heterocycles. The largest absolute Gasteiger partial charge is 0.453 e. The van der Waals surface area contributed by atoms with Gasteiger partial charge in [-0.1, -0.05) is 0 Å². The topological polar surface area (TPSA) is 42.0 Å². The third-order valence-electron chi connectivity index (χ3n) is 2.42. The Morgan fingerprint density at radius 3 is 2.36 bits per heavy atom. The number of amides is 1. The molecule has 0 aliphatic carbocycles. The molecule has 1 saturated heterocycles. The van der Waals surface area contributed by atoms with E-state index in [0.717, 1.165) is 39.3 Å². The molecule has 0 bridgehead atoms. The molecule has 0 radical (unpaired) electrons. The third kappa shape index (κ3) is 3.16. The van der Waals surface area contributed by atoms with Crippen molar-refractivity contribution >= 4 is 6.09 Å². The van der Waals surface area contributed by atoms with Crippen molar-refractivity contribution in [2.75, 3.05) is 53.6 Å². The van der Waals surface area contributed by atoms with E-state index in [4.69, 9.17) is 4.74 Å². The van der Waals surface area contributed by atoms with Crippen molar-refractivity contribution in [2.45, 2.75) is 0 Å². The lowest BCUT2D eigenvalue weighted by molar-refractivity contribution is 0.0782. The Bertz CT molecular complexity index is 179. The minimum Gasteiger partial charge on any atom is -0.453 e. The van der Waals surface area contributed by atoms with E-state index in [1.165, 1.54) is 7.11 Å². The summed E-state index contributed by atoms with van der Waals surface area (Å²) >= 11 is 0. The molecule has 1 fully saturated rings. The van der Waals surface area contributed by atoms with Crippen LogP contribution in [0.4, 0.5) is 4.79 Å². The molecule has 1 rings (SSSR count). The van der Waals surface area contributed by atoms with E-state index in [9.17, 15) is 4.79 Å². The molecule has 0 N–H and O–H groups in total. The molecule has 1 heterocycles. The van der Waals surface area contributed by atoms with Gasteiger partial charge in [0.05, 0.1) is 13.7 Å². The van der Waals surface area contributed by atoms with Gasteiger partial charge in [-0.3, -0.25) is 4.90 Å². The van der Waals surface area contributed by atoms with Crippen molar-refractivity contribution in [3.8, 4) is 0 Å². The summed E-state index contributed by atoms with van der Waals surface area (Å²) in [5.41, 5.74) is 0. The number of carbonyl (C=O) groups is 1. The highest BCUT2D eigenvalue weighted by atomic mass is 16.5. The van der Waals surface area contributed by atoms with E-state index in [1.54, 1.807) is 12.0 Å². The lowest BCUT2D eigenvalue weighted by Crippen LogP contribution is -2.49. The number of hydrogen-bond acceptors (Lipinski definition) is 4. The van der Waals surface area contributed by atoms with Gasteiger partial charge < -0.3 is 14.4 Å². The number of carbonyl (C=O) groups excluding carboxylic acids is 1. The summed E-state index contributed by atoms with van der Waals surface area (Å²) in [4.78, 5) is 15.2. The normalized spacial score (nSPS) is 18.3. The maximum atomic E-state index is 11.1. The van der Waals surface area contributed by atoms with Crippen LogP contribution in [0, 0.1) is 0 Å². The van der Waals surface area contributed by atoms with E-state index >= 15 is 0 Å². The Labute approximate surface area is 84.6 Å². The number of ether oxygens (including phenoxy) is 2. The molecular formula is C9H18N2O3. The molecule has 0 aromatic carbocycles. The summed E-state index contributed by atoms with van der Waals surface area (Å²) < 4.78 is 9.64. The first-order valence-corrected chi connectivity index (χ1v) is 4.82. The fourth-order valence-corrected chi connectivity index (χ4v) is 1.50. The highest BCUT2D eigenvalue weighted by Gasteiger charge is 2.20. The van der Waals surface area contributed by atoms with Gasteiger partial charge in [0.1, 0.15) is 0 Å². The van der Waals surface area contributed by atoms with Crippen LogP contribution in [0.5, 0.6) is 0 Å². The number of piperazine rings is 1. The molecule has 0 spiro atoms. The predicted molar refractivity (Wildman–Crippen MR) is 52.3 cm³/mol. The molecule has 82 valence electrons. The SMILES string of the molecule is COCCN1CCN(C(=O)OC)CC1. The van der Waals surface area contributed by atoms with Crippen molar-refractivity contribution in [3.05, 3.63) is 0 Å². The van der Waals surface area contributed by atoms with Gasteiger partial charge in [-0.25, -0.2) is 4.79 Å². The Hall–Kier alpha value is -0.810. The third-order valence-corrected chi connectivity index (χ3v) is 2.42. The first kappa shape index (κ1) is 11.3. The molecule has 5 heteroatoms. The van der Waals surface area contributed by atoms with E-state index in [0.29, 0.717) is 0 Å². The van der Waals surface area contributed by atoms with E-state index in [1.807, 2.05) is 0 Å². The molecular weight excluding hydrogens is 184 g/mol. The highest BCUT2D eigenvalue weighted by Crippen LogP contribution is 2.02. The zero-order chi connectivity index (χ0) is 10.4. The maximum Gasteiger partial charge on any atom is 0.409 e. The molecule has 0 unspecified atom stereocenters. The maximum absolute atomic E-state index is 11.1. The van der Waals surface area contributed by atoms with Crippen LogP contribution in [0.25, 0.3) is 0 Å². The molecule has 1 amide bonds. The second-order valence-corrected chi connectivity index (χ2v) is 3.29. The van der Waals surface area contributed by atoms with Gasteiger partial charge in [-0.15, -0.1) is 0 Å². The average Bonchev–Trinajstić information content (AvgIpc) is 2.26. The summed E-state index contributed by atoms with van der Waals surface area (Å²) in [5, 5.41) is 0. The fraction of sp³-hybridized carbons (Fsp3) is 0.889. The Morgan fingerprint density at radius 2 is 1.86 bits per heavy atom. The van der Waals surface area contributed by atoms with Crippen LogP contribution in [0.1, 0.15) is 0 Å². The van der Waals surface area contributed by atoms with Gasteiger partial charge in [0, 0.05) is 39.8 Å². The van der Waals surface area contributed by atoms with Crippen LogP contribution >= 0.6 is 0 Å². The lowest BCUT2D eigenvalue weighted by Gasteiger charge is -2.33. The summed E-state index contributed by atoms with van der Waals surface area (Å²) in [7, 11) is 3.12. The van der Waals surface area contributed by atoms with Crippen LogP contribution in [0.15, 0.2) is 0 Å². The fourth-order valence-electron chi connectivity index (χ4n) is 1.50. The quantitative estimate of drug-likeness (QED) is 0.647. The van der Waals surface area contributed by atoms with Crippen LogP contribution in [-0.4, -0.2) is 69.4 Å². The van der Waals surface area contributed by atoms with E-state index < -0.39 is 0 Å². The van der Waals surface area contributed by atoms with Crippen LogP contribution in [-0.2, 0) is 9.47 Å². The van der Waals surface area contributed by atoms with Crippen molar-refractivity contribution in [1.29, 1.82) is 0 Å². The average molecular weight is 202 g/mol. The van der Waals surface area contributed by atoms with Gasteiger partial charge in [0.15, 0.2) is 0 Å². The minimum absolute atomic E-state index is 0.226. The van der Waals surface area contributed by atoms with Gasteiger partial charge in [-0.05, 0) is 0 Å². The molecule has 1 aliphatic rings. The minimum atomic E-state index is -0.226. The number of methoxy groups -OCH3 is 2. The Morgan fingerprint density at radius 1 is 1.21 bits per heavy atom. The first-order valence-electron chi connectivity index (χ1n) is 4.82. The van der Waals surface area contributed by atoms with Gasteiger partial charge in [-0.2, -0.15) is 0 Å². The van der Waals surface area contributed by atoms with Crippen molar-refractivity contribution in [3.63, 3.8) is 0 Å². The predicted octanol–water partition coefficient (Wildman–Crippen LogP) is 0.0168. The van der Waals surface area contributed by atoms with Crippen LogP contribution in [0.2, 0.25) is 0 Å². The summed E-state index contributed by atoms with van der Waals surface area (Å²) in [6, 6.07) is 0. The lowest BCUT2D eigenvalue weighted by atomic mass is 10.3. The van der Waals surface area contributed by atoms with Crippen molar-refractivity contribution in [2.24, 2.45) is 0 Å². The molecule has 0 saturated carbocycles. The smallest absolute Gasteiger partial charge is 0.409 e. The van der Waals surface area contributed by atoms with E-state index in [-0.39, 0.29) is 6.09 Å². The summed E-state index contributed by atoms with van der Waals surface area (Å²) in [6.45, 7) is 4.98. The van der Waals surface area contributed by atoms with Crippen molar-refractivity contribution in [1.82, 2.24) is 9.80 Å². The first-order chi connectivity index (χ1) is 6.77. The summed E-state index contributed by atoms with van der Waals surface area (Å²) in [6.07, 6.45) is -0.226. The molecule has 0 aromatic rings. The highest BCUT2D eigenvalue weighted by molar-refractivity contribution is 5.67. The second kappa shape index (κ2) is 5.82. The van der Waals surface area contributed by atoms with Gasteiger partial charge >= 0.3 is 6.09 Å². The van der Waals surface area contributed by atoms with E-state index in [2.05, 4.69) is 9.64 Å². The number of hydrogen-bond donors (Lipinski definition) is 0. The summed E-state index contributed by atoms with van der Waals surface area (Å²) in [5.74, 6) is 0. The second-order valence-electron chi connectivity index (χ2n) is 3.29. The molecule has 0 atom stereocenters. The zero-order valence-corrected chi connectivity index (χ0v) is 8.86. The Balaban J connectivity index is 2.20. The van der Waals surface area contributed by atoms with Crippen LogP contribution in [0.3, 0.4) is 0 Å². The standard InChI is InChI=1S/C9H18N2O3/c1-13-8-7-10-3-5-11(6-4-10)9(12)14-2/h3-8H2,1-2H3. The molecule has 5 nitrogen and oxygen atoms in total. The van der Waals surface area contributed by atoms with Crippen molar-refractivity contribution < 1.29 is 14.3 Å². The molecule has 0 aromatic heterocycles. The zero-order valence-electron chi connectivity index (χ0n) is 8.86. The van der Waals surface area contributed by atoms with Gasteiger partial charge in [0.2, 0.25) is 0 Å². The van der Waals surface area contributed by atoms with Gasteiger partial charge in [0.25, 0.3) is 0 Å². The number of nitrogens with zero attached hydrogens (tertiary/aromatic N) is 2.